The number of carboxylic acid groups (broad SMARTS) is 1. The lowest BCUT2D eigenvalue weighted by molar-refractivity contribution is 0.0696. The van der Waals surface area contributed by atoms with Gasteiger partial charge in [0.2, 0.25) is 0 Å². The fourth-order valence-electron chi connectivity index (χ4n) is 2.23. The van der Waals surface area contributed by atoms with Gasteiger partial charge >= 0.3 is 5.97 Å². The Morgan fingerprint density at radius 1 is 1.18 bits per heavy atom. The van der Waals surface area contributed by atoms with E-state index < -0.39 is 11.8 Å². The topological polar surface area (TPSA) is 54.4 Å². The Morgan fingerprint density at radius 2 is 1.91 bits per heavy atom. The maximum Gasteiger partial charge on any atom is 0.335 e. The first kappa shape index (κ1) is 14.5. The standard InChI is InChI=1S/C17H11FO3S/c18-13-5-6-15-14(8-13)16(19)12(9-22-15)7-10-1-3-11(4-2-10)17(20)21/h1-8H,9H2,(H,20,21)/b12-7+. The molecule has 1 aliphatic rings. The highest BCUT2D eigenvalue weighted by Gasteiger charge is 2.22. The Bertz CT molecular complexity index is 794. The van der Waals surface area contributed by atoms with Gasteiger partial charge in [-0.05, 0) is 42.0 Å². The highest BCUT2D eigenvalue weighted by molar-refractivity contribution is 7.99. The lowest BCUT2D eigenvalue weighted by atomic mass is 10.0. The van der Waals surface area contributed by atoms with E-state index >= 15 is 0 Å². The zero-order chi connectivity index (χ0) is 15.7. The van der Waals surface area contributed by atoms with Crippen molar-refractivity contribution in [3.8, 4) is 0 Å². The number of aromatic carboxylic acids is 1. The van der Waals surface area contributed by atoms with E-state index in [9.17, 15) is 14.0 Å². The molecule has 0 saturated heterocycles. The molecule has 0 aliphatic carbocycles. The Balaban J connectivity index is 1.92. The highest BCUT2D eigenvalue weighted by atomic mass is 32.2. The molecule has 0 spiro atoms. The minimum absolute atomic E-state index is 0.185. The van der Waals surface area contributed by atoms with E-state index in [1.807, 2.05) is 0 Å². The predicted molar refractivity (Wildman–Crippen MR) is 82.8 cm³/mol. The van der Waals surface area contributed by atoms with Crippen molar-refractivity contribution in [2.24, 2.45) is 0 Å². The first-order valence-corrected chi connectivity index (χ1v) is 7.54. The number of hydrogen-bond acceptors (Lipinski definition) is 3. The van der Waals surface area contributed by atoms with Crippen LogP contribution in [-0.2, 0) is 0 Å². The molecular weight excluding hydrogens is 303 g/mol. The van der Waals surface area contributed by atoms with Crippen molar-refractivity contribution in [3.05, 3.63) is 70.5 Å². The van der Waals surface area contributed by atoms with Crippen LogP contribution in [0.5, 0.6) is 0 Å². The summed E-state index contributed by atoms with van der Waals surface area (Å²) in [5.74, 6) is -1.10. The maximum atomic E-state index is 13.3. The smallest absolute Gasteiger partial charge is 0.335 e. The van der Waals surface area contributed by atoms with Gasteiger partial charge in [0.15, 0.2) is 5.78 Å². The van der Waals surface area contributed by atoms with Gasteiger partial charge in [0.25, 0.3) is 0 Å². The van der Waals surface area contributed by atoms with Gasteiger partial charge < -0.3 is 5.11 Å². The van der Waals surface area contributed by atoms with Crippen molar-refractivity contribution >= 4 is 29.6 Å². The average molecular weight is 314 g/mol. The molecule has 0 amide bonds. The number of carboxylic acids is 1. The van der Waals surface area contributed by atoms with Crippen LogP contribution in [0.1, 0.15) is 26.3 Å². The van der Waals surface area contributed by atoms with Crippen LogP contribution >= 0.6 is 11.8 Å². The molecule has 3 nitrogen and oxygen atoms in total. The third-order valence-electron chi connectivity index (χ3n) is 3.36. The summed E-state index contributed by atoms with van der Waals surface area (Å²) in [7, 11) is 0. The molecule has 0 radical (unpaired) electrons. The van der Waals surface area contributed by atoms with Crippen LogP contribution in [0.4, 0.5) is 4.39 Å². The normalized spacial score (nSPS) is 15.7. The Kier molecular flexibility index (Phi) is 3.81. The van der Waals surface area contributed by atoms with Gasteiger partial charge in [0.05, 0.1) is 5.56 Å². The Labute approximate surface area is 130 Å². The summed E-state index contributed by atoms with van der Waals surface area (Å²) in [5.41, 5.74) is 1.89. The van der Waals surface area contributed by atoms with Crippen molar-refractivity contribution in [2.75, 3.05) is 5.75 Å². The summed E-state index contributed by atoms with van der Waals surface area (Å²) in [6, 6.07) is 10.5. The zero-order valence-electron chi connectivity index (χ0n) is 11.4. The summed E-state index contributed by atoms with van der Waals surface area (Å²) in [6.45, 7) is 0. The molecular formula is C17H11FO3S. The first-order valence-electron chi connectivity index (χ1n) is 6.55. The van der Waals surface area contributed by atoms with Crippen molar-refractivity contribution < 1.29 is 19.1 Å². The van der Waals surface area contributed by atoms with Gasteiger partial charge in [-0.3, -0.25) is 4.79 Å². The third-order valence-corrected chi connectivity index (χ3v) is 4.48. The zero-order valence-corrected chi connectivity index (χ0v) is 12.2. The minimum atomic E-state index is -0.993. The number of ketones is 1. The molecule has 110 valence electrons. The molecule has 2 aromatic carbocycles. The molecule has 2 aromatic rings. The number of benzene rings is 2. The molecule has 0 bridgehead atoms. The fraction of sp³-hybridized carbons (Fsp3) is 0.0588. The van der Waals surface area contributed by atoms with E-state index in [1.54, 1.807) is 24.3 Å². The number of carbonyl (C=O) groups is 2. The van der Waals surface area contributed by atoms with Crippen molar-refractivity contribution in [1.82, 2.24) is 0 Å². The molecule has 0 atom stereocenters. The Morgan fingerprint density at radius 3 is 2.59 bits per heavy atom. The van der Waals surface area contributed by atoms with E-state index in [-0.39, 0.29) is 11.3 Å². The number of fused-ring (bicyclic) bond motifs is 1. The highest BCUT2D eigenvalue weighted by Crippen LogP contribution is 2.33. The van der Waals surface area contributed by atoms with Crippen LogP contribution in [-0.4, -0.2) is 22.6 Å². The number of Topliss-reactive ketones (excluding diaryl/α,β-unsaturated/α-hetero) is 1. The molecule has 1 heterocycles. The van der Waals surface area contributed by atoms with E-state index in [0.29, 0.717) is 16.9 Å². The van der Waals surface area contributed by atoms with Crippen molar-refractivity contribution in [2.45, 2.75) is 4.90 Å². The molecule has 1 N–H and O–H groups in total. The van der Waals surface area contributed by atoms with Crippen molar-refractivity contribution in [1.29, 1.82) is 0 Å². The van der Waals surface area contributed by atoms with Gasteiger partial charge in [0.1, 0.15) is 5.82 Å². The summed E-state index contributed by atoms with van der Waals surface area (Å²) in [6.07, 6.45) is 1.72. The number of carbonyl (C=O) groups excluding carboxylic acids is 1. The molecule has 1 aliphatic heterocycles. The lowest BCUT2D eigenvalue weighted by Gasteiger charge is -2.16. The van der Waals surface area contributed by atoms with Gasteiger partial charge in [-0.25, -0.2) is 9.18 Å². The first-order chi connectivity index (χ1) is 10.5. The molecule has 0 saturated carbocycles. The van der Waals surface area contributed by atoms with Gasteiger partial charge in [-0.1, -0.05) is 12.1 Å². The van der Waals surface area contributed by atoms with Crippen LogP contribution < -0.4 is 0 Å². The van der Waals surface area contributed by atoms with Crippen LogP contribution in [0.25, 0.3) is 6.08 Å². The largest absolute Gasteiger partial charge is 0.478 e. The monoisotopic (exact) mass is 314 g/mol. The van der Waals surface area contributed by atoms with Gasteiger partial charge in [-0.15, -0.1) is 11.8 Å². The maximum absolute atomic E-state index is 13.3. The molecule has 0 unspecified atom stereocenters. The third kappa shape index (κ3) is 2.80. The second kappa shape index (κ2) is 5.77. The molecule has 0 aromatic heterocycles. The van der Waals surface area contributed by atoms with Crippen molar-refractivity contribution in [3.63, 3.8) is 0 Å². The fourth-order valence-corrected chi connectivity index (χ4v) is 3.23. The van der Waals surface area contributed by atoms with Crippen LogP contribution in [0.2, 0.25) is 0 Å². The quantitative estimate of drug-likeness (QED) is 0.854. The number of thioether (sulfide) groups is 1. The summed E-state index contributed by atoms with van der Waals surface area (Å²) >= 11 is 1.49. The minimum Gasteiger partial charge on any atom is -0.478 e. The summed E-state index contributed by atoms with van der Waals surface area (Å²) < 4.78 is 13.3. The number of hydrogen-bond donors (Lipinski definition) is 1. The van der Waals surface area contributed by atoms with Crippen LogP contribution in [0.3, 0.4) is 0 Å². The van der Waals surface area contributed by atoms with Crippen LogP contribution in [0, 0.1) is 5.82 Å². The molecule has 0 fully saturated rings. The van der Waals surface area contributed by atoms with Gasteiger partial charge in [-0.2, -0.15) is 0 Å². The van der Waals surface area contributed by atoms with E-state index in [0.717, 1.165) is 10.5 Å². The number of halogens is 1. The second-order valence-electron chi connectivity index (χ2n) is 4.86. The lowest BCUT2D eigenvalue weighted by Crippen LogP contribution is -2.12. The average Bonchev–Trinajstić information content (AvgIpc) is 2.51. The van der Waals surface area contributed by atoms with E-state index in [2.05, 4.69) is 0 Å². The summed E-state index contributed by atoms with van der Waals surface area (Å²) in [5, 5.41) is 8.87. The SMILES string of the molecule is O=C(O)c1ccc(/C=C2\CSc3ccc(F)cc3C2=O)cc1. The van der Waals surface area contributed by atoms with E-state index in [4.69, 9.17) is 5.11 Å². The predicted octanol–water partition coefficient (Wildman–Crippen LogP) is 3.90. The van der Waals surface area contributed by atoms with Crippen LogP contribution in [0.15, 0.2) is 52.9 Å². The van der Waals surface area contributed by atoms with E-state index in [1.165, 1.54) is 36.0 Å². The molecule has 5 heteroatoms. The summed E-state index contributed by atoms with van der Waals surface area (Å²) in [4.78, 5) is 24.0. The Hall–Kier alpha value is -2.40. The number of rotatable bonds is 2. The molecule has 22 heavy (non-hydrogen) atoms. The van der Waals surface area contributed by atoms with Gasteiger partial charge in [0, 0.05) is 21.8 Å². The second-order valence-corrected chi connectivity index (χ2v) is 5.87. The molecule has 3 rings (SSSR count).